The van der Waals surface area contributed by atoms with Gasteiger partial charge in [-0.15, -0.1) is 0 Å². The molecule has 0 unspecified atom stereocenters. The van der Waals surface area contributed by atoms with E-state index in [1.54, 1.807) is 12.0 Å². The Morgan fingerprint density at radius 2 is 1.61 bits per heavy atom. The minimum absolute atomic E-state index is 0.0115. The zero-order chi connectivity index (χ0) is 26.1. The van der Waals surface area contributed by atoms with E-state index in [1.165, 1.54) is 5.69 Å². The van der Waals surface area contributed by atoms with Crippen LogP contribution in [0.3, 0.4) is 0 Å². The largest absolute Gasteiger partial charge is 0.497 e. The number of para-hydroxylation sites is 1. The number of rotatable bonds is 5. The number of hydrogen-bond acceptors (Lipinski definition) is 6. The fraction of sp³-hybridized carbons (Fsp3) is 0.333. The molecule has 0 bridgehead atoms. The van der Waals surface area contributed by atoms with Crippen LogP contribution in [-0.2, 0) is 9.59 Å². The van der Waals surface area contributed by atoms with Gasteiger partial charge in [-0.3, -0.25) is 9.59 Å². The van der Waals surface area contributed by atoms with Gasteiger partial charge < -0.3 is 28.9 Å². The second-order valence-electron chi connectivity index (χ2n) is 9.81. The third-order valence-corrected chi connectivity index (χ3v) is 7.72. The molecule has 0 aromatic heterocycles. The highest BCUT2D eigenvalue weighted by Crippen LogP contribution is 2.44. The highest BCUT2D eigenvalue weighted by atomic mass is 16.7. The van der Waals surface area contributed by atoms with Gasteiger partial charge in [-0.1, -0.05) is 30.3 Å². The number of nitrogens with zero attached hydrogens (tertiary/aromatic N) is 3. The molecule has 8 nitrogen and oxygen atoms in total. The smallest absolute Gasteiger partial charge is 0.231 e. The lowest BCUT2D eigenvalue weighted by Crippen LogP contribution is -2.54. The molecule has 0 aliphatic carbocycles. The van der Waals surface area contributed by atoms with Crippen molar-refractivity contribution in [1.82, 2.24) is 4.90 Å². The summed E-state index contributed by atoms with van der Waals surface area (Å²) in [4.78, 5) is 33.6. The van der Waals surface area contributed by atoms with Crippen molar-refractivity contribution >= 4 is 23.2 Å². The molecule has 3 aromatic carbocycles. The average molecular weight is 514 g/mol. The molecule has 2 fully saturated rings. The van der Waals surface area contributed by atoms with Crippen molar-refractivity contribution in [2.24, 2.45) is 5.92 Å². The number of amides is 2. The summed E-state index contributed by atoms with van der Waals surface area (Å²) in [6, 6.07) is 23.1. The maximum atomic E-state index is 14.1. The Morgan fingerprint density at radius 3 is 2.34 bits per heavy atom. The van der Waals surface area contributed by atoms with E-state index in [0.29, 0.717) is 43.1 Å². The molecule has 3 aliphatic rings. The van der Waals surface area contributed by atoms with Gasteiger partial charge in [-0.2, -0.15) is 0 Å². The van der Waals surface area contributed by atoms with Crippen molar-refractivity contribution in [2.75, 3.05) is 49.9 Å². The number of hydrogen-bond donors (Lipinski definition) is 0. The van der Waals surface area contributed by atoms with Crippen LogP contribution in [0.5, 0.6) is 17.2 Å². The molecule has 0 radical (unpaired) electrons. The second kappa shape index (κ2) is 10.3. The Labute approximate surface area is 222 Å². The van der Waals surface area contributed by atoms with Crippen LogP contribution < -0.4 is 24.0 Å². The predicted octanol–water partition coefficient (Wildman–Crippen LogP) is 4.26. The third kappa shape index (κ3) is 4.51. The fourth-order valence-electron chi connectivity index (χ4n) is 5.73. The van der Waals surface area contributed by atoms with Gasteiger partial charge in [0.05, 0.1) is 19.1 Å². The monoisotopic (exact) mass is 513 g/mol. The van der Waals surface area contributed by atoms with E-state index >= 15 is 0 Å². The number of benzene rings is 3. The van der Waals surface area contributed by atoms with Gasteiger partial charge >= 0.3 is 0 Å². The van der Waals surface area contributed by atoms with Gasteiger partial charge in [0.25, 0.3) is 0 Å². The average Bonchev–Trinajstić information content (AvgIpc) is 3.45. The Morgan fingerprint density at radius 1 is 0.868 bits per heavy atom. The molecule has 3 heterocycles. The molecular formula is C30H31N3O5. The molecule has 0 saturated carbocycles. The third-order valence-electron chi connectivity index (χ3n) is 7.72. The van der Waals surface area contributed by atoms with E-state index in [4.69, 9.17) is 14.2 Å². The topological polar surface area (TPSA) is 71.6 Å². The summed E-state index contributed by atoms with van der Waals surface area (Å²) in [7, 11) is 1.62. The number of carbonyl (C=O) groups excluding carboxylic acids is 2. The normalized spacial score (nSPS) is 21.0. The van der Waals surface area contributed by atoms with Crippen molar-refractivity contribution in [3.63, 3.8) is 0 Å². The highest BCUT2D eigenvalue weighted by Gasteiger charge is 2.43. The Hall–Kier alpha value is -4.20. The van der Waals surface area contributed by atoms with Crippen molar-refractivity contribution in [3.05, 3.63) is 78.4 Å². The van der Waals surface area contributed by atoms with Crippen LogP contribution in [0.4, 0.5) is 11.4 Å². The summed E-state index contributed by atoms with van der Waals surface area (Å²) in [5, 5.41) is 0. The molecule has 6 rings (SSSR count). The summed E-state index contributed by atoms with van der Waals surface area (Å²) in [6.45, 7) is 3.01. The first-order valence-electron chi connectivity index (χ1n) is 13.1. The second-order valence-corrected chi connectivity index (χ2v) is 9.81. The molecule has 2 saturated heterocycles. The molecule has 0 N–H and O–H groups in total. The van der Waals surface area contributed by atoms with Crippen LogP contribution in [0.2, 0.25) is 0 Å². The molecule has 2 atom stereocenters. The standard InChI is InChI=1S/C30H31N3O5/c1-36-24-10-7-21(8-11-24)29-25(30(35)32-17-15-31(16-18-32)22-5-3-2-4-6-22)12-14-28(34)33(29)23-9-13-26-27(19-23)38-20-37-26/h2-11,13,19,25,29H,12,14-18,20H2,1H3/t25-,29+/m1/s1. The van der Waals surface area contributed by atoms with E-state index < -0.39 is 6.04 Å². The first kappa shape index (κ1) is 24.2. The fourth-order valence-corrected chi connectivity index (χ4v) is 5.73. The van der Waals surface area contributed by atoms with Gasteiger partial charge in [0.2, 0.25) is 18.6 Å². The number of carbonyl (C=O) groups is 2. The molecule has 3 aromatic rings. The maximum absolute atomic E-state index is 14.1. The molecule has 38 heavy (non-hydrogen) atoms. The lowest BCUT2D eigenvalue weighted by atomic mass is 9.82. The first-order valence-corrected chi connectivity index (χ1v) is 13.1. The van der Waals surface area contributed by atoms with Gasteiger partial charge in [-0.25, -0.2) is 0 Å². The minimum atomic E-state index is -0.442. The molecule has 3 aliphatic heterocycles. The number of anilines is 2. The SMILES string of the molecule is COc1ccc([C@H]2[C@H](C(=O)N3CCN(c4ccccc4)CC3)CCC(=O)N2c2ccc3c(c2)OCO3)cc1. The number of piperazine rings is 1. The summed E-state index contributed by atoms with van der Waals surface area (Å²) >= 11 is 0. The zero-order valence-electron chi connectivity index (χ0n) is 21.4. The van der Waals surface area contributed by atoms with Crippen molar-refractivity contribution in [3.8, 4) is 17.2 Å². The van der Waals surface area contributed by atoms with Crippen LogP contribution in [0.25, 0.3) is 0 Å². The van der Waals surface area contributed by atoms with Crippen molar-refractivity contribution in [1.29, 1.82) is 0 Å². The Bertz CT molecular complexity index is 1310. The maximum Gasteiger partial charge on any atom is 0.231 e. The van der Waals surface area contributed by atoms with Crippen LogP contribution in [0.1, 0.15) is 24.4 Å². The van der Waals surface area contributed by atoms with Crippen molar-refractivity contribution < 1.29 is 23.8 Å². The van der Waals surface area contributed by atoms with E-state index in [-0.39, 0.29) is 24.5 Å². The quantitative estimate of drug-likeness (QED) is 0.508. The molecule has 196 valence electrons. The highest BCUT2D eigenvalue weighted by molar-refractivity contribution is 5.98. The van der Waals surface area contributed by atoms with E-state index in [0.717, 1.165) is 24.4 Å². The van der Waals surface area contributed by atoms with Crippen LogP contribution in [-0.4, -0.2) is 56.8 Å². The Kier molecular flexibility index (Phi) is 6.54. The van der Waals surface area contributed by atoms with Crippen LogP contribution in [0.15, 0.2) is 72.8 Å². The Balaban J connectivity index is 1.30. The predicted molar refractivity (Wildman–Crippen MR) is 144 cm³/mol. The summed E-state index contributed by atoms with van der Waals surface area (Å²) in [5.74, 6) is 1.71. The van der Waals surface area contributed by atoms with E-state index in [1.807, 2.05) is 65.6 Å². The van der Waals surface area contributed by atoms with Gasteiger partial charge in [0.1, 0.15) is 5.75 Å². The number of methoxy groups -OCH3 is 1. The molecule has 0 spiro atoms. The molecule has 2 amide bonds. The number of piperidine rings is 1. The number of ether oxygens (including phenoxy) is 3. The van der Waals surface area contributed by atoms with E-state index in [2.05, 4.69) is 17.0 Å². The zero-order valence-corrected chi connectivity index (χ0v) is 21.4. The first-order chi connectivity index (χ1) is 18.6. The summed E-state index contributed by atoms with van der Waals surface area (Å²) in [5.41, 5.74) is 2.78. The van der Waals surface area contributed by atoms with Gasteiger partial charge in [-0.05, 0) is 48.4 Å². The lowest BCUT2D eigenvalue weighted by molar-refractivity contribution is -0.138. The summed E-state index contributed by atoms with van der Waals surface area (Å²) in [6.07, 6.45) is 0.815. The van der Waals surface area contributed by atoms with Gasteiger partial charge in [0.15, 0.2) is 11.5 Å². The summed E-state index contributed by atoms with van der Waals surface area (Å²) < 4.78 is 16.4. The lowest BCUT2D eigenvalue weighted by Gasteiger charge is -2.44. The van der Waals surface area contributed by atoms with Crippen LogP contribution >= 0.6 is 0 Å². The molecular weight excluding hydrogens is 482 g/mol. The van der Waals surface area contributed by atoms with Gasteiger partial charge in [0, 0.05) is 50.0 Å². The van der Waals surface area contributed by atoms with E-state index in [9.17, 15) is 9.59 Å². The van der Waals surface area contributed by atoms with Crippen LogP contribution in [0, 0.1) is 5.92 Å². The van der Waals surface area contributed by atoms with Crippen molar-refractivity contribution in [2.45, 2.75) is 18.9 Å². The minimum Gasteiger partial charge on any atom is -0.497 e. The number of fused-ring (bicyclic) bond motifs is 1. The molecule has 8 heteroatoms.